The van der Waals surface area contributed by atoms with Gasteiger partial charge in [-0.1, -0.05) is 19.9 Å². The summed E-state index contributed by atoms with van der Waals surface area (Å²) < 4.78 is 27.2. The Kier molecular flexibility index (Phi) is 5.69. The van der Waals surface area contributed by atoms with Crippen molar-refractivity contribution in [3.05, 3.63) is 35.4 Å². The van der Waals surface area contributed by atoms with Crippen molar-refractivity contribution in [2.75, 3.05) is 13.1 Å². The maximum absolute atomic E-state index is 13.6. The van der Waals surface area contributed by atoms with Gasteiger partial charge in [0.05, 0.1) is 0 Å². The fourth-order valence-corrected chi connectivity index (χ4v) is 2.09. The molecular weight excluding hydrogens is 234 g/mol. The molecule has 0 bridgehead atoms. The van der Waals surface area contributed by atoms with Crippen molar-refractivity contribution in [3.63, 3.8) is 0 Å². The molecule has 18 heavy (non-hydrogen) atoms. The number of hydrogen-bond donors (Lipinski definition) is 1. The SMILES string of the molecule is CCC(C)N(CC)CC(N)c1c(F)cccc1F. The lowest BCUT2D eigenvalue weighted by molar-refractivity contribution is 0.200. The zero-order chi connectivity index (χ0) is 13.7. The van der Waals surface area contributed by atoms with Crippen molar-refractivity contribution in [1.29, 1.82) is 0 Å². The average molecular weight is 256 g/mol. The molecule has 2 nitrogen and oxygen atoms in total. The van der Waals surface area contributed by atoms with Gasteiger partial charge in [0, 0.05) is 24.2 Å². The van der Waals surface area contributed by atoms with Crippen LogP contribution in [0.15, 0.2) is 18.2 Å². The Hall–Kier alpha value is -1.00. The number of rotatable bonds is 6. The summed E-state index contributed by atoms with van der Waals surface area (Å²) in [6.07, 6.45) is 0.986. The van der Waals surface area contributed by atoms with Gasteiger partial charge < -0.3 is 5.73 Å². The van der Waals surface area contributed by atoms with Gasteiger partial charge in [-0.15, -0.1) is 0 Å². The number of nitrogens with zero attached hydrogens (tertiary/aromatic N) is 1. The largest absolute Gasteiger partial charge is 0.323 e. The molecule has 102 valence electrons. The first kappa shape index (κ1) is 15.1. The molecule has 0 amide bonds. The van der Waals surface area contributed by atoms with E-state index in [1.165, 1.54) is 18.2 Å². The molecule has 0 fully saturated rings. The molecule has 0 aliphatic rings. The van der Waals surface area contributed by atoms with Gasteiger partial charge in [-0.05, 0) is 32.0 Å². The van der Waals surface area contributed by atoms with Crippen molar-refractivity contribution >= 4 is 0 Å². The highest BCUT2D eigenvalue weighted by Crippen LogP contribution is 2.20. The molecule has 0 aliphatic carbocycles. The molecule has 2 N–H and O–H groups in total. The van der Waals surface area contributed by atoms with Gasteiger partial charge in [0.15, 0.2) is 0 Å². The minimum absolute atomic E-state index is 0.0146. The smallest absolute Gasteiger partial charge is 0.130 e. The van der Waals surface area contributed by atoms with Gasteiger partial charge >= 0.3 is 0 Å². The number of likely N-dealkylation sites (N-methyl/N-ethyl adjacent to an activating group) is 1. The Labute approximate surface area is 108 Å². The van der Waals surface area contributed by atoms with Crippen molar-refractivity contribution in [1.82, 2.24) is 4.90 Å². The fourth-order valence-electron chi connectivity index (χ4n) is 2.09. The quantitative estimate of drug-likeness (QED) is 0.847. The molecule has 0 aliphatic heterocycles. The second kappa shape index (κ2) is 6.81. The van der Waals surface area contributed by atoms with Crippen LogP contribution in [0.5, 0.6) is 0 Å². The zero-order valence-electron chi connectivity index (χ0n) is 11.3. The molecule has 4 heteroatoms. The standard InChI is InChI=1S/C14H22F2N2/c1-4-10(3)18(5-2)9-13(17)14-11(15)7-6-8-12(14)16/h6-8,10,13H,4-5,9,17H2,1-3H3. The predicted octanol–water partition coefficient (Wildman–Crippen LogP) is 3.09. The normalized spacial score (nSPS) is 14.8. The number of nitrogens with two attached hydrogens (primary N) is 1. The molecule has 0 aromatic heterocycles. The lowest BCUT2D eigenvalue weighted by Gasteiger charge is -2.29. The van der Waals surface area contributed by atoms with Crippen molar-refractivity contribution in [2.24, 2.45) is 5.73 Å². The summed E-state index contributed by atoms with van der Waals surface area (Å²) in [6, 6.07) is 3.57. The monoisotopic (exact) mass is 256 g/mol. The molecule has 1 aromatic carbocycles. The second-order valence-electron chi connectivity index (χ2n) is 4.59. The third-order valence-corrected chi connectivity index (χ3v) is 3.42. The minimum atomic E-state index is -0.639. The molecule has 1 aromatic rings. The van der Waals surface area contributed by atoms with E-state index in [-0.39, 0.29) is 5.56 Å². The molecule has 2 atom stereocenters. The molecule has 2 unspecified atom stereocenters. The second-order valence-corrected chi connectivity index (χ2v) is 4.59. The van der Waals surface area contributed by atoms with Crippen molar-refractivity contribution in [2.45, 2.75) is 39.3 Å². The van der Waals surface area contributed by atoms with Crippen molar-refractivity contribution in [3.8, 4) is 0 Å². The van der Waals surface area contributed by atoms with E-state index in [0.717, 1.165) is 13.0 Å². The van der Waals surface area contributed by atoms with E-state index in [0.29, 0.717) is 12.6 Å². The summed E-state index contributed by atoms with van der Waals surface area (Å²) in [5, 5.41) is 0. The third-order valence-electron chi connectivity index (χ3n) is 3.42. The van der Waals surface area contributed by atoms with Crippen LogP contribution in [0.1, 0.15) is 38.8 Å². The molecule has 0 radical (unpaired) electrons. The van der Waals surface area contributed by atoms with Gasteiger partial charge in [-0.2, -0.15) is 0 Å². The highest BCUT2D eigenvalue weighted by molar-refractivity contribution is 5.23. The first-order valence-electron chi connectivity index (χ1n) is 6.44. The summed E-state index contributed by atoms with van der Waals surface area (Å²) in [5.41, 5.74) is 5.93. The van der Waals surface area contributed by atoms with Crippen LogP contribution in [0.3, 0.4) is 0 Å². The Morgan fingerprint density at radius 3 is 2.22 bits per heavy atom. The minimum Gasteiger partial charge on any atom is -0.323 e. The van der Waals surface area contributed by atoms with E-state index in [1.807, 2.05) is 6.92 Å². The van der Waals surface area contributed by atoms with Crippen LogP contribution >= 0.6 is 0 Å². The molecule has 1 rings (SSSR count). The van der Waals surface area contributed by atoms with Crippen LogP contribution in [-0.4, -0.2) is 24.0 Å². The fraction of sp³-hybridized carbons (Fsp3) is 0.571. The van der Waals surface area contributed by atoms with E-state index in [1.54, 1.807) is 0 Å². The molecular formula is C14H22F2N2. The lowest BCUT2D eigenvalue weighted by Crippen LogP contribution is -2.38. The lowest BCUT2D eigenvalue weighted by atomic mass is 10.0. The van der Waals surface area contributed by atoms with Crippen molar-refractivity contribution < 1.29 is 8.78 Å². The van der Waals surface area contributed by atoms with Crippen LogP contribution in [0, 0.1) is 11.6 Å². The summed E-state index contributed by atoms with van der Waals surface area (Å²) >= 11 is 0. The molecule has 0 saturated heterocycles. The summed E-state index contributed by atoms with van der Waals surface area (Å²) in [6.45, 7) is 7.48. The highest BCUT2D eigenvalue weighted by atomic mass is 19.1. The maximum Gasteiger partial charge on any atom is 0.130 e. The van der Waals surface area contributed by atoms with Crippen LogP contribution in [0.2, 0.25) is 0 Å². The molecule has 0 spiro atoms. The predicted molar refractivity (Wildman–Crippen MR) is 70.3 cm³/mol. The molecule has 0 saturated carbocycles. The Balaban J connectivity index is 2.84. The van der Waals surface area contributed by atoms with Gasteiger partial charge in [0.2, 0.25) is 0 Å². The average Bonchev–Trinajstić information content (AvgIpc) is 2.34. The van der Waals surface area contributed by atoms with Gasteiger partial charge in [-0.25, -0.2) is 8.78 Å². The van der Waals surface area contributed by atoms with E-state index in [9.17, 15) is 8.78 Å². The van der Waals surface area contributed by atoms with E-state index < -0.39 is 17.7 Å². The van der Waals surface area contributed by atoms with Crippen LogP contribution in [0.25, 0.3) is 0 Å². The Morgan fingerprint density at radius 2 is 1.78 bits per heavy atom. The number of halogens is 2. The first-order chi connectivity index (χ1) is 8.51. The van der Waals surface area contributed by atoms with Gasteiger partial charge in [0.25, 0.3) is 0 Å². The Morgan fingerprint density at radius 1 is 1.22 bits per heavy atom. The topological polar surface area (TPSA) is 29.3 Å². The Bertz CT molecular complexity index is 362. The van der Waals surface area contributed by atoms with Crippen LogP contribution in [0.4, 0.5) is 8.78 Å². The summed E-state index contributed by atoms with van der Waals surface area (Å²) in [5.74, 6) is -1.13. The van der Waals surface area contributed by atoms with E-state index in [2.05, 4.69) is 18.7 Å². The highest BCUT2D eigenvalue weighted by Gasteiger charge is 2.20. The number of hydrogen-bond acceptors (Lipinski definition) is 2. The maximum atomic E-state index is 13.6. The van der Waals surface area contributed by atoms with Gasteiger partial charge in [-0.3, -0.25) is 4.90 Å². The third kappa shape index (κ3) is 3.50. The van der Waals surface area contributed by atoms with Crippen LogP contribution in [-0.2, 0) is 0 Å². The number of benzene rings is 1. The van der Waals surface area contributed by atoms with Crippen LogP contribution < -0.4 is 5.73 Å². The summed E-state index contributed by atoms with van der Waals surface area (Å²) in [4.78, 5) is 2.14. The van der Waals surface area contributed by atoms with E-state index in [4.69, 9.17) is 5.73 Å². The van der Waals surface area contributed by atoms with Gasteiger partial charge in [0.1, 0.15) is 11.6 Å². The summed E-state index contributed by atoms with van der Waals surface area (Å²) in [7, 11) is 0. The molecule has 0 heterocycles. The van der Waals surface area contributed by atoms with E-state index >= 15 is 0 Å². The zero-order valence-corrected chi connectivity index (χ0v) is 11.3. The first-order valence-corrected chi connectivity index (χ1v) is 6.44.